The van der Waals surface area contributed by atoms with E-state index in [4.69, 9.17) is 16.3 Å². The Bertz CT molecular complexity index is 697. The Hall–Kier alpha value is -2.00. The van der Waals surface area contributed by atoms with Crippen molar-refractivity contribution in [2.45, 2.75) is 26.8 Å². The second-order valence-electron chi connectivity index (χ2n) is 5.40. The maximum atomic E-state index is 12.3. The van der Waals surface area contributed by atoms with Gasteiger partial charge in [-0.1, -0.05) is 35.4 Å². The number of hydrogen-bond donors (Lipinski definition) is 1. The van der Waals surface area contributed by atoms with E-state index >= 15 is 0 Å². The quantitative estimate of drug-likeness (QED) is 0.904. The standard InChI is InChI=1S/C18H20ClNO2/c1-11-5-7-15(12(2)9-11)13(3)20-18(21)14-6-8-17(22-4)16(19)10-14/h5-10,13H,1-4H3,(H,20,21). The molecule has 1 N–H and O–H groups in total. The lowest BCUT2D eigenvalue weighted by Crippen LogP contribution is -2.27. The Balaban J connectivity index is 2.15. The largest absolute Gasteiger partial charge is 0.495 e. The van der Waals surface area contributed by atoms with Gasteiger partial charge in [-0.15, -0.1) is 0 Å². The molecule has 0 saturated carbocycles. The third-order valence-corrected chi connectivity index (χ3v) is 3.95. The highest BCUT2D eigenvalue weighted by molar-refractivity contribution is 6.32. The maximum absolute atomic E-state index is 12.3. The fourth-order valence-corrected chi connectivity index (χ4v) is 2.73. The fraction of sp³-hybridized carbons (Fsp3) is 0.278. The molecule has 0 aromatic heterocycles. The molecule has 2 aromatic rings. The molecule has 0 heterocycles. The number of carbonyl (C=O) groups excluding carboxylic acids is 1. The first-order valence-corrected chi connectivity index (χ1v) is 7.51. The number of benzene rings is 2. The molecule has 0 aliphatic heterocycles. The molecule has 0 aliphatic carbocycles. The van der Waals surface area contributed by atoms with E-state index in [1.165, 1.54) is 11.1 Å². The number of hydrogen-bond acceptors (Lipinski definition) is 2. The van der Waals surface area contributed by atoms with Gasteiger partial charge in [0.2, 0.25) is 0 Å². The molecule has 22 heavy (non-hydrogen) atoms. The number of halogens is 1. The summed E-state index contributed by atoms with van der Waals surface area (Å²) in [5.74, 6) is 0.401. The summed E-state index contributed by atoms with van der Waals surface area (Å²) in [6, 6.07) is 11.2. The van der Waals surface area contributed by atoms with Gasteiger partial charge in [-0.2, -0.15) is 0 Å². The molecule has 2 rings (SSSR count). The molecule has 116 valence electrons. The lowest BCUT2D eigenvalue weighted by Gasteiger charge is -2.17. The van der Waals surface area contributed by atoms with E-state index < -0.39 is 0 Å². The van der Waals surface area contributed by atoms with Crippen LogP contribution in [0.15, 0.2) is 36.4 Å². The highest BCUT2D eigenvalue weighted by Crippen LogP contribution is 2.25. The van der Waals surface area contributed by atoms with Gasteiger partial charge >= 0.3 is 0 Å². The van der Waals surface area contributed by atoms with Crippen molar-refractivity contribution >= 4 is 17.5 Å². The summed E-state index contributed by atoms with van der Waals surface area (Å²) in [6.07, 6.45) is 0. The number of aryl methyl sites for hydroxylation is 2. The van der Waals surface area contributed by atoms with Gasteiger partial charge in [0.15, 0.2) is 0 Å². The van der Waals surface area contributed by atoms with Crippen LogP contribution in [-0.2, 0) is 0 Å². The van der Waals surface area contributed by atoms with Crippen LogP contribution in [0.1, 0.15) is 40.0 Å². The molecule has 0 aliphatic rings. The lowest BCUT2D eigenvalue weighted by atomic mass is 10.00. The Labute approximate surface area is 136 Å². The molecule has 0 bridgehead atoms. The van der Waals surface area contributed by atoms with Crippen LogP contribution in [0.2, 0.25) is 5.02 Å². The third-order valence-electron chi connectivity index (χ3n) is 3.65. The first kappa shape index (κ1) is 16.4. The van der Waals surface area contributed by atoms with Gasteiger partial charge in [0.25, 0.3) is 5.91 Å². The summed E-state index contributed by atoms with van der Waals surface area (Å²) in [5.41, 5.74) is 4.00. The van der Waals surface area contributed by atoms with Gasteiger partial charge in [-0.25, -0.2) is 0 Å². The number of ether oxygens (including phenoxy) is 1. The minimum Gasteiger partial charge on any atom is -0.495 e. The average molecular weight is 318 g/mol. The summed E-state index contributed by atoms with van der Waals surface area (Å²) in [4.78, 5) is 12.3. The Kier molecular flexibility index (Phi) is 5.09. The average Bonchev–Trinajstić information content (AvgIpc) is 2.46. The number of amides is 1. The predicted octanol–water partition coefficient (Wildman–Crippen LogP) is 4.46. The maximum Gasteiger partial charge on any atom is 0.251 e. The van der Waals surface area contributed by atoms with Crippen LogP contribution in [-0.4, -0.2) is 13.0 Å². The Morgan fingerprint density at radius 2 is 1.91 bits per heavy atom. The van der Waals surface area contributed by atoms with E-state index in [0.717, 1.165) is 5.56 Å². The molecule has 3 nitrogen and oxygen atoms in total. The van der Waals surface area contributed by atoms with Crippen LogP contribution in [0.4, 0.5) is 0 Å². The van der Waals surface area contributed by atoms with Crippen LogP contribution >= 0.6 is 11.6 Å². The molecule has 0 saturated heterocycles. The molecule has 1 amide bonds. The normalized spacial score (nSPS) is 11.9. The number of nitrogens with one attached hydrogen (secondary N) is 1. The van der Waals surface area contributed by atoms with Crippen molar-refractivity contribution in [3.63, 3.8) is 0 Å². The van der Waals surface area contributed by atoms with Crippen LogP contribution in [0.5, 0.6) is 5.75 Å². The van der Waals surface area contributed by atoms with Gasteiger partial charge in [0, 0.05) is 5.56 Å². The van der Waals surface area contributed by atoms with Crippen molar-refractivity contribution in [1.29, 1.82) is 0 Å². The van der Waals surface area contributed by atoms with Crippen molar-refractivity contribution in [3.05, 3.63) is 63.7 Å². The van der Waals surface area contributed by atoms with E-state index in [1.54, 1.807) is 25.3 Å². The van der Waals surface area contributed by atoms with Crippen molar-refractivity contribution < 1.29 is 9.53 Å². The smallest absolute Gasteiger partial charge is 0.251 e. The van der Waals surface area contributed by atoms with Crippen LogP contribution in [0, 0.1) is 13.8 Å². The molecule has 0 radical (unpaired) electrons. The summed E-state index contributed by atoms with van der Waals surface area (Å²) in [5, 5.41) is 3.42. The van der Waals surface area contributed by atoms with Gasteiger partial charge in [0.05, 0.1) is 18.2 Å². The third kappa shape index (κ3) is 3.60. The van der Waals surface area contributed by atoms with Crippen LogP contribution in [0.25, 0.3) is 0 Å². The van der Waals surface area contributed by atoms with E-state index in [0.29, 0.717) is 16.3 Å². The number of methoxy groups -OCH3 is 1. The molecular weight excluding hydrogens is 298 g/mol. The molecule has 0 spiro atoms. The van der Waals surface area contributed by atoms with Gasteiger partial charge in [0.1, 0.15) is 5.75 Å². The molecular formula is C18H20ClNO2. The zero-order chi connectivity index (χ0) is 16.3. The van der Waals surface area contributed by atoms with Gasteiger partial charge in [-0.3, -0.25) is 4.79 Å². The monoisotopic (exact) mass is 317 g/mol. The number of rotatable bonds is 4. The zero-order valence-electron chi connectivity index (χ0n) is 13.2. The summed E-state index contributed by atoms with van der Waals surface area (Å²) < 4.78 is 5.09. The minimum atomic E-state index is -0.156. The first-order valence-electron chi connectivity index (χ1n) is 7.14. The SMILES string of the molecule is COc1ccc(C(=O)NC(C)c2ccc(C)cc2C)cc1Cl. The number of carbonyl (C=O) groups is 1. The summed E-state index contributed by atoms with van der Waals surface area (Å²) in [7, 11) is 1.54. The van der Waals surface area contributed by atoms with E-state index in [2.05, 4.69) is 37.4 Å². The van der Waals surface area contributed by atoms with Crippen LogP contribution in [0.3, 0.4) is 0 Å². The summed E-state index contributed by atoms with van der Waals surface area (Å²) in [6.45, 7) is 6.08. The Morgan fingerprint density at radius 3 is 2.50 bits per heavy atom. The van der Waals surface area contributed by atoms with Gasteiger partial charge < -0.3 is 10.1 Å². The van der Waals surface area contributed by atoms with Gasteiger partial charge in [-0.05, 0) is 50.1 Å². The molecule has 2 aromatic carbocycles. The van der Waals surface area contributed by atoms with Crippen molar-refractivity contribution in [2.75, 3.05) is 7.11 Å². The zero-order valence-corrected chi connectivity index (χ0v) is 14.0. The Morgan fingerprint density at radius 1 is 1.18 bits per heavy atom. The highest BCUT2D eigenvalue weighted by Gasteiger charge is 2.14. The molecule has 0 fully saturated rings. The van der Waals surface area contributed by atoms with E-state index in [1.807, 2.05) is 6.92 Å². The van der Waals surface area contributed by atoms with Crippen molar-refractivity contribution in [2.24, 2.45) is 0 Å². The fourth-order valence-electron chi connectivity index (χ4n) is 2.48. The first-order chi connectivity index (χ1) is 10.4. The highest BCUT2D eigenvalue weighted by atomic mass is 35.5. The molecule has 1 unspecified atom stereocenters. The van der Waals surface area contributed by atoms with Crippen molar-refractivity contribution in [3.8, 4) is 5.75 Å². The van der Waals surface area contributed by atoms with E-state index in [-0.39, 0.29) is 11.9 Å². The second kappa shape index (κ2) is 6.84. The molecule has 4 heteroatoms. The predicted molar refractivity (Wildman–Crippen MR) is 89.8 cm³/mol. The second-order valence-corrected chi connectivity index (χ2v) is 5.81. The topological polar surface area (TPSA) is 38.3 Å². The minimum absolute atomic E-state index is 0.0750. The lowest BCUT2D eigenvalue weighted by molar-refractivity contribution is 0.0940. The molecule has 1 atom stereocenters. The van der Waals surface area contributed by atoms with Crippen LogP contribution < -0.4 is 10.1 Å². The van der Waals surface area contributed by atoms with Crippen molar-refractivity contribution in [1.82, 2.24) is 5.32 Å². The van der Waals surface area contributed by atoms with E-state index in [9.17, 15) is 4.79 Å². The summed E-state index contributed by atoms with van der Waals surface area (Å²) >= 11 is 6.06.